The smallest absolute Gasteiger partial charge is 0.338 e. The summed E-state index contributed by atoms with van der Waals surface area (Å²) in [6.45, 7) is 5.10. The molecule has 2 heterocycles. The van der Waals surface area contributed by atoms with Crippen molar-refractivity contribution < 1.29 is 33.6 Å². The topological polar surface area (TPSA) is 138 Å². The van der Waals surface area contributed by atoms with E-state index in [9.17, 15) is 19.5 Å². The Balaban J connectivity index is 1.38. The van der Waals surface area contributed by atoms with Gasteiger partial charge in [-0.05, 0) is 66.9 Å². The maximum atomic E-state index is 13.7. The number of methoxy groups -OCH3 is 2. The summed E-state index contributed by atoms with van der Waals surface area (Å²) in [5, 5.41) is 12.3. The van der Waals surface area contributed by atoms with Gasteiger partial charge in [-0.1, -0.05) is 79.2 Å². The summed E-state index contributed by atoms with van der Waals surface area (Å²) < 4.78 is 32.6. The van der Waals surface area contributed by atoms with Crippen LogP contribution in [-0.4, -0.2) is 59.3 Å². The van der Waals surface area contributed by atoms with Gasteiger partial charge < -0.3 is 28.8 Å². The van der Waals surface area contributed by atoms with Crippen LogP contribution in [-0.2, 0) is 19.8 Å². The van der Waals surface area contributed by atoms with E-state index < -0.39 is 58.7 Å². The summed E-state index contributed by atoms with van der Waals surface area (Å²) in [4.78, 5) is 41.6. The van der Waals surface area contributed by atoms with Crippen LogP contribution in [0.1, 0.15) is 51.3 Å². The van der Waals surface area contributed by atoms with Crippen LogP contribution in [0.25, 0.3) is 0 Å². The molecule has 2 N–H and O–H groups in total. The van der Waals surface area contributed by atoms with Gasteiger partial charge in [-0.2, -0.15) is 0 Å². The lowest BCUT2D eigenvalue weighted by atomic mass is 9.79. The number of aromatic amines is 1. The summed E-state index contributed by atoms with van der Waals surface area (Å²) in [7, 11) is 3.19. The van der Waals surface area contributed by atoms with E-state index in [1.54, 1.807) is 33.3 Å². The molecule has 0 radical (unpaired) electrons. The van der Waals surface area contributed by atoms with E-state index in [1.807, 2.05) is 105 Å². The lowest BCUT2D eigenvalue weighted by Crippen LogP contribution is -2.56. The van der Waals surface area contributed by atoms with Crippen molar-refractivity contribution in [2.45, 2.75) is 50.4 Å². The van der Waals surface area contributed by atoms with Gasteiger partial charge in [-0.3, -0.25) is 14.3 Å². The number of esters is 1. The first-order valence-corrected chi connectivity index (χ1v) is 17.5. The molecule has 5 aromatic rings. The largest absolute Gasteiger partial charge is 0.497 e. The van der Waals surface area contributed by atoms with Crippen molar-refractivity contribution >= 4 is 5.97 Å². The van der Waals surface area contributed by atoms with Crippen LogP contribution in [0.3, 0.4) is 0 Å². The number of nitrogens with zero attached hydrogens (tertiary/aromatic N) is 1. The average molecular weight is 719 g/mol. The number of hydrogen-bond acceptors (Lipinski definition) is 9. The van der Waals surface area contributed by atoms with Gasteiger partial charge in [-0.25, -0.2) is 9.59 Å². The van der Waals surface area contributed by atoms with E-state index in [1.165, 1.54) is 10.8 Å². The molecule has 11 nitrogen and oxygen atoms in total. The zero-order valence-corrected chi connectivity index (χ0v) is 30.1. The number of carbonyl (C=O) groups excluding carboxylic acids is 1. The van der Waals surface area contributed by atoms with Gasteiger partial charge in [0.05, 0.1) is 32.5 Å². The van der Waals surface area contributed by atoms with Crippen molar-refractivity contribution in [1.29, 1.82) is 0 Å². The van der Waals surface area contributed by atoms with Crippen molar-refractivity contribution in [3.05, 3.63) is 164 Å². The second-order valence-corrected chi connectivity index (χ2v) is 13.8. The summed E-state index contributed by atoms with van der Waals surface area (Å²) >= 11 is 0. The lowest BCUT2D eigenvalue weighted by Gasteiger charge is -2.43. The summed E-state index contributed by atoms with van der Waals surface area (Å²) in [6.07, 6.45) is -1.82. The van der Waals surface area contributed by atoms with Crippen LogP contribution >= 0.6 is 0 Å². The van der Waals surface area contributed by atoms with Crippen LogP contribution in [0.5, 0.6) is 11.5 Å². The number of aromatic nitrogens is 2. The van der Waals surface area contributed by atoms with Crippen LogP contribution in [0.4, 0.5) is 0 Å². The Morgan fingerprint density at radius 3 is 1.98 bits per heavy atom. The Labute approximate surface area is 306 Å². The number of carbonyl (C=O) groups is 1. The van der Waals surface area contributed by atoms with E-state index in [0.717, 1.165) is 22.3 Å². The molecule has 53 heavy (non-hydrogen) atoms. The fourth-order valence-electron chi connectivity index (χ4n) is 7.88. The Hall–Kier alpha value is -5.49. The number of hydrogen-bond donors (Lipinski definition) is 2. The standard InChI is InChI=1S/C42H42N2O9/c1-25-11-13-28(14-12-25)39(47)52-36-27(3)34-35(45)41(36,53-38(34)44-23-26(2)37(46)43-40(44)48)24-51-42(29-9-7-6-8-10-29,30-15-19-32(49-4)20-16-30)31-17-21-33(50-5)22-18-31/h6-23,27,34-36,38,45H,24H2,1-5H3,(H,43,46,48)/t27-,34-,35+,36+,38+,41-/m0/s1. The highest BCUT2D eigenvalue weighted by Gasteiger charge is 2.71. The minimum absolute atomic E-state index is 0.276. The molecule has 11 heteroatoms. The molecule has 0 spiro atoms. The van der Waals surface area contributed by atoms with Gasteiger partial charge in [0.15, 0.2) is 5.60 Å². The average Bonchev–Trinajstić information content (AvgIpc) is 3.57. The molecule has 4 aromatic carbocycles. The first-order chi connectivity index (χ1) is 25.5. The molecule has 1 aliphatic heterocycles. The number of rotatable bonds is 11. The number of H-pyrrole nitrogens is 1. The maximum absolute atomic E-state index is 13.7. The molecule has 1 aromatic heterocycles. The minimum Gasteiger partial charge on any atom is -0.497 e. The van der Waals surface area contributed by atoms with Crippen LogP contribution in [0.15, 0.2) is 119 Å². The Morgan fingerprint density at radius 2 is 1.42 bits per heavy atom. The molecule has 1 saturated carbocycles. The fraction of sp³-hybridized carbons (Fsp3) is 0.310. The van der Waals surface area contributed by atoms with Crippen molar-refractivity contribution in [2.24, 2.45) is 11.8 Å². The molecule has 6 atom stereocenters. The number of aliphatic hydroxyl groups excluding tert-OH is 1. The Kier molecular flexibility index (Phi) is 9.58. The highest BCUT2D eigenvalue weighted by molar-refractivity contribution is 5.89. The predicted molar refractivity (Wildman–Crippen MR) is 196 cm³/mol. The third-order valence-electron chi connectivity index (χ3n) is 10.7. The number of benzene rings is 4. The molecule has 2 fully saturated rings. The molecule has 2 bridgehead atoms. The van der Waals surface area contributed by atoms with E-state index in [0.29, 0.717) is 22.6 Å². The normalized spacial score (nSPS) is 23.5. The van der Waals surface area contributed by atoms with Crippen LogP contribution in [0, 0.1) is 25.7 Å². The van der Waals surface area contributed by atoms with E-state index in [4.69, 9.17) is 23.7 Å². The van der Waals surface area contributed by atoms with E-state index in [2.05, 4.69) is 4.98 Å². The Bertz CT molecular complexity index is 2150. The van der Waals surface area contributed by atoms with Gasteiger partial charge >= 0.3 is 11.7 Å². The highest BCUT2D eigenvalue weighted by atomic mass is 16.6. The van der Waals surface area contributed by atoms with Gasteiger partial charge in [0, 0.05) is 23.6 Å². The summed E-state index contributed by atoms with van der Waals surface area (Å²) in [5.74, 6) is -0.505. The Morgan fingerprint density at radius 1 is 0.849 bits per heavy atom. The quantitative estimate of drug-likeness (QED) is 0.138. The van der Waals surface area contributed by atoms with E-state index in [-0.39, 0.29) is 6.61 Å². The molecular weight excluding hydrogens is 676 g/mol. The van der Waals surface area contributed by atoms with Crippen molar-refractivity contribution in [3.8, 4) is 11.5 Å². The second kappa shape index (κ2) is 14.1. The first kappa shape index (κ1) is 35.9. The molecule has 7 rings (SSSR count). The molecular formula is C42H42N2O9. The van der Waals surface area contributed by atoms with Gasteiger partial charge in [-0.15, -0.1) is 0 Å². The molecule has 0 unspecified atom stereocenters. The maximum Gasteiger partial charge on any atom is 0.338 e. The zero-order valence-electron chi connectivity index (χ0n) is 30.1. The summed E-state index contributed by atoms with van der Waals surface area (Å²) in [6, 6.07) is 31.7. The van der Waals surface area contributed by atoms with Gasteiger partial charge in [0.1, 0.15) is 29.4 Å². The predicted octanol–water partition coefficient (Wildman–Crippen LogP) is 5.30. The first-order valence-electron chi connectivity index (χ1n) is 17.5. The number of nitrogens with one attached hydrogen (secondary N) is 1. The third kappa shape index (κ3) is 6.14. The monoisotopic (exact) mass is 718 g/mol. The number of ether oxygens (including phenoxy) is 5. The zero-order chi connectivity index (χ0) is 37.5. The summed E-state index contributed by atoms with van der Waals surface area (Å²) in [5.41, 5.74) is -0.253. The second-order valence-electron chi connectivity index (χ2n) is 13.8. The third-order valence-corrected chi connectivity index (χ3v) is 10.7. The van der Waals surface area contributed by atoms with Crippen LogP contribution in [0.2, 0.25) is 0 Å². The van der Waals surface area contributed by atoms with Crippen LogP contribution < -0.4 is 20.7 Å². The molecule has 1 saturated heterocycles. The van der Waals surface area contributed by atoms with Crippen molar-refractivity contribution in [1.82, 2.24) is 9.55 Å². The van der Waals surface area contributed by atoms with Crippen molar-refractivity contribution in [3.63, 3.8) is 0 Å². The molecule has 274 valence electrons. The highest BCUT2D eigenvalue weighted by Crippen LogP contribution is 2.57. The van der Waals surface area contributed by atoms with Gasteiger partial charge in [0.2, 0.25) is 0 Å². The molecule has 0 amide bonds. The van der Waals surface area contributed by atoms with E-state index >= 15 is 0 Å². The lowest BCUT2D eigenvalue weighted by molar-refractivity contribution is -0.222. The minimum atomic E-state index is -1.66. The van der Waals surface area contributed by atoms with Gasteiger partial charge in [0.25, 0.3) is 5.56 Å². The molecule has 2 aliphatic rings. The molecule has 1 aliphatic carbocycles. The number of aryl methyl sites for hydroxylation is 2. The number of fused-ring (bicyclic) bond motifs is 2. The number of aliphatic hydroxyl groups is 1. The fourth-order valence-corrected chi connectivity index (χ4v) is 7.88. The SMILES string of the molecule is COc1ccc(C(OC[C@@]23O[C@@H](n4cc(C)c(=O)[nH]c4=O)[C@@H]([C@H](C)[C@H]2OC(=O)c2ccc(C)cc2)[C@H]3O)(c2ccccc2)c2ccc(OC)cc2)cc1. The van der Waals surface area contributed by atoms with Crippen molar-refractivity contribution in [2.75, 3.05) is 20.8 Å².